The highest BCUT2D eigenvalue weighted by atomic mass is 19.4. The van der Waals surface area contributed by atoms with Crippen LogP contribution in [-0.2, 0) is 15.7 Å². The number of ether oxygens (including phenoxy) is 1. The molecule has 1 unspecified atom stereocenters. The summed E-state index contributed by atoms with van der Waals surface area (Å²) in [5, 5.41) is 0. The molecule has 0 radical (unpaired) electrons. The summed E-state index contributed by atoms with van der Waals surface area (Å²) >= 11 is 0. The average molecular weight is 375 g/mol. The van der Waals surface area contributed by atoms with Crippen molar-refractivity contribution in [3.8, 4) is 0 Å². The third kappa shape index (κ3) is 4.53. The van der Waals surface area contributed by atoms with Gasteiger partial charge in [0.1, 0.15) is 11.9 Å². The number of carbonyl (C=O) groups excluding carboxylic acids is 2. The third-order valence-electron chi connectivity index (χ3n) is 4.31. The van der Waals surface area contributed by atoms with Gasteiger partial charge < -0.3 is 9.64 Å². The lowest BCUT2D eigenvalue weighted by Crippen LogP contribution is -2.42. The molecule has 0 N–H and O–H groups in total. The Morgan fingerprint density at radius 1 is 1.27 bits per heavy atom. The quantitative estimate of drug-likeness (QED) is 0.426. The van der Waals surface area contributed by atoms with Crippen LogP contribution in [-0.4, -0.2) is 36.0 Å². The van der Waals surface area contributed by atoms with Gasteiger partial charge in [-0.05, 0) is 31.4 Å². The van der Waals surface area contributed by atoms with Crippen LogP contribution in [0.15, 0.2) is 18.2 Å². The minimum absolute atomic E-state index is 0.170. The van der Waals surface area contributed by atoms with Crippen LogP contribution >= 0.6 is 0 Å². The molecule has 0 bridgehead atoms. The van der Waals surface area contributed by atoms with Crippen molar-refractivity contribution >= 4 is 11.9 Å². The van der Waals surface area contributed by atoms with Crippen LogP contribution in [0.3, 0.4) is 0 Å². The summed E-state index contributed by atoms with van der Waals surface area (Å²) in [4.78, 5) is 25.8. The Bertz CT molecular complexity index is 660. The van der Waals surface area contributed by atoms with Crippen LogP contribution in [0.1, 0.15) is 54.9 Å². The first-order valence-electron chi connectivity index (χ1n) is 8.60. The first-order chi connectivity index (χ1) is 12.3. The lowest BCUT2D eigenvalue weighted by atomic mass is 10.1. The number of halogens is 4. The van der Waals surface area contributed by atoms with E-state index in [0.29, 0.717) is 25.3 Å². The average Bonchev–Trinajstić information content (AvgIpc) is 3.07. The minimum Gasteiger partial charge on any atom is -0.464 e. The molecular weight excluding hydrogens is 354 g/mol. The zero-order chi connectivity index (χ0) is 19.3. The number of nitrogens with zero attached hydrogens (tertiary/aromatic N) is 1. The number of benzene rings is 1. The van der Waals surface area contributed by atoms with Crippen molar-refractivity contribution in [1.29, 1.82) is 0 Å². The molecule has 1 heterocycles. The summed E-state index contributed by atoms with van der Waals surface area (Å²) in [6, 6.07) is 1.66. The number of alkyl halides is 3. The van der Waals surface area contributed by atoms with Crippen LogP contribution in [0.5, 0.6) is 0 Å². The summed E-state index contributed by atoms with van der Waals surface area (Å²) in [5.41, 5.74) is -2.19. The third-order valence-corrected chi connectivity index (χ3v) is 4.31. The highest BCUT2D eigenvalue weighted by molar-refractivity contribution is 5.97. The fourth-order valence-electron chi connectivity index (χ4n) is 2.95. The maximum Gasteiger partial charge on any atom is 0.419 e. The predicted octanol–water partition coefficient (Wildman–Crippen LogP) is 4.18. The monoisotopic (exact) mass is 375 g/mol. The smallest absolute Gasteiger partial charge is 0.419 e. The molecule has 0 aliphatic carbocycles. The second-order valence-corrected chi connectivity index (χ2v) is 6.20. The Morgan fingerprint density at radius 2 is 2.00 bits per heavy atom. The number of esters is 1. The molecule has 1 amide bonds. The van der Waals surface area contributed by atoms with Gasteiger partial charge in [0.15, 0.2) is 0 Å². The lowest BCUT2D eigenvalue weighted by Gasteiger charge is -2.24. The van der Waals surface area contributed by atoms with Gasteiger partial charge in [-0.3, -0.25) is 4.79 Å². The maximum absolute atomic E-state index is 14.2. The van der Waals surface area contributed by atoms with Gasteiger partial charge in [-0.15, -0.1) is 0 Å². The number of unbranched alkanes of at least 4 members (excludes halogenated alkanes) is 2. The predicted molar refractivity (Wildman–Crippen MR) is 85.9 cm³/mol. The summed E-state index contributed by atoms with van der Waals surface area (Å²) in [6.45, 7) is 2.40. The van der Waals surface area contributed by atoms with Gasteiger partial charge >= 0.3 is 12.1 Å². The van der Waals surface area contributed by atoms with E-state index in [1.807, 2.05) is 6.92 Å². The molecule has 8 heteroatoms. The first kappa shape index (κ1) is 20.2. The van der Waals surface area contributed by atoms with Crippen molar-refractivity contribution < 1.29 is 31.9 Å². The molecule has 1 fully saturated rings. The highest BCUT2D eigenvalue weighted by Gasteiger charge is 2.39. The highest BCUT2D eigenvalue weighted by Crippen LogP contribution is 2.33. The Morgan fingerprint density at radius 3 is 2.65 bits per heavy atom. The van der Waals surface area contributed by atoms with Gasteiger partial charge in [0.05, 0.1) is 17.7 Å². The van der Waals surface area contributed by atoms with E-state index in [4.69, 9.17) is 4.74 Å². The maximum atomic E-state index is 14.2. The number of likely N-dealkylation sites (tertiary alicyclic amines) is 1. The van der Waals surface area contributed by atoms with Crippen LogP contribution < -0.4 is 0 Å². The summed E-state index contributed by atoms with van der Waals surface area (Å²) in [7, 11) is 0. The topological polar surface area (TPSA) is 46.6 Å². The van der Waals surface area contributed by atoms with Crippen molar-refractivity contribution in [1.82, 2.24) is 4.90 Å². The SMILES string of the molecule is CCCCCOC(=O)C1CCCN1C(=O)c1cccc(C(F)(F)F)c1F. The molecule has 2 rings (SSSR count). The number of rotatable bonds is 6. The van der Waals surface area contributed by atoms with Gasteiger partial charge in [-0.25, -0.2) is 9.18 Å². The normalized spacial score (nSPS) is 17.4. The Balaban J connectivity index is 2.14. The van der Waals surface area contributed by atoms with Gasteiger partial charge in [0, 0.05) is 6.54 Å². The van der Waals surface area contributed by atoms with E-state index in [2.05, 4.69) is 0 Å². The van der Waals surface area contributed by atoms with Crippen LogP contribution in [0.4, 0.5) is 17.6 Å². The van der Waals surface area contributed by atoms with E-state index >= 15 is 0 Å². The van der Waals surface area contributed by atoms with E-state index in [1.165, 1.54) is 0 Å². The van der Waals surface area contributed by atoms with Crippen molar-refractivity contribution in [3.63, 3.8) is 0 Å². The molecule has 1 atom stereocenters. The molecule has 0 spiro atoms. The van der Waals surface area contributed by atoms with Crippen LogP contribution in [0, 0.1) is 5.82 Å². The molecule has 1 saturated heterocycles. The molecule has 1 aliphatic rings. The van der Waals surface area contributed by atoms with Crippen LogP contribution in [0.25, 0.3) is 0 Å². The van der Waals surface area contributed by atoms with E-state index in [9.17, 15) is 27.2 Å². The first-order valence-corrected chi connectivity index (χ1v) is 8.60. The largest absolute Gasteiger partial charge is 0.464 e. The number of hydrogen-bond acceptors (Lipinski definition) is 3. The van der Waals surface area contributed by atoms with E-state index in [0.717, 1.165) is 29.9 Å². The van der Waals surface area contributed by atoms with Gasteiger partial charge in [-0.2, -0.15) is 13.2 Å². The Kier molecular flexibility index (Phi) is 6.61. The van der Waals surface area contributed by atoms with Crippen molar-refractivity contribution in [2.45, 2.75) is 51.2 Å². The van der Waals surface area contributed by atoms with Gasteiger partial charge in [0.2, 0.25) is 0 Å². The lowest BCUT2D eigenvalue weighted by molar-refractivity contribution is -0.148. The molecular formula is C18H21F4NO3. The molecule has 26 heavy (non-hydrogen) atoms. The zero-order valence-electron chi connectivity index (χ0n) is 14.4. The number of amides is 1. The molecule has 144 valence electrons. The second kappa shape index (κ2) is 8.51. The molecule has 1 aliphatic heterocycles. The summed E-state index contributed by atoms with van der Waals surface area (Å²) in [6.07, 6.45) is -1.50. The summed E-state index contributed by atoms with van der Waals surface area (Å²) in [5.74, 6) is -3.15. The van der Waals surface area contributed by atoms with Crippen molar-refractivity contribution in [3.05, 3.63) is 35.1 Å². The van der Waals surface area contributed by atoms with Crippen LogP contribution in [0.2, 0.25) is 0 Å². The van der Waals surface area contributed by atoms with Gasteiger partial charge in [0.25, 0.3) is 5.91 Å². The molecule has 4 nitrogen and oxygen atoms in total. The Hall–Kier alpha value is -2.12. The number of carbonyl (C=O) groups is 2. The summed E-state index contributed by atoms with van der Waals surface area (Å²) < 4.78 is 57.9. The van der Waals surface area contributed by atoms with E-state index < -0.39 is 41.0 Å². The molecule has 0 aromatic heterocycles. The van der Waals surface area contributed by atoms with Crippen molar-refractivity contribution in [2.75, 3.05) is 13.2 Å². The number of hydrogen-bond donors (Lipinski definition) is 0. The zero-order valence-corrected chi connectivity index (χ0v) is 14.4. The van der Waals surface area contributed by atoms with Crippen molar-refractivity contribution in [2.24, 2.45) is 0 Å². The second-order valence-electron chi connectivity index (χ2n) is 6.20. The van der Waals surface area contributed by atoms with E-state index in [1.54, 1.807) is 0 Å². The molecule has 1 aromatic carbocycles. The standard InChI is InChI=1S/C18H21F4NO3/c1-2-3-4-11-26-17(25)14-9-6-10-23(14)16(24)12-7-5-8-13(15(12)19)18(20,21)22/h5,7-8,14H,2-4,6,9-11H2,1H3. The molecule has 0 saturated carbocycles. The molecule has 1 aromatic rings. The fraction of sp³-hybridized carbons (Fsp3) is 0.556. The van der Waals surface area contributed by atoms with Gasteiger partial charge in [-0.1, -0.05) is 25.8 Å². The van der Waals surface area contributed by atoms with E-state index in [-0.39, 0.29) is 13.2 Å². The Labute approximate surface area is 149 Å². The fourth-order valence-corrected chi connectivity index (χ4v) is 2.95. The minimum atomic E-state index is -4.90.